The molecule has 0 spiro atoms. The van der Waals surface area contributed by atoms with Crippen LogP contribution in [0.25, 0.3) is 54.2 Å². The summed E-state index contributed by atoms with van der Waals surface area (Å²) >= 11 is 0. The quantitative estimate of drug-likeness (QED) is 0.104. The van der Waals surface area contributed by atoms with Gasteiger partial charge in [0, 0.05) is 21.5 Å². The van der Waals surface area contributed by atoms with Gasteiger partial charge in [-0.15, -0.1) is 0 Å². The highest BCUT2D eigenvalue weighted by atomic mass is 16.7. The average Bonchev–Trinajstić information content (AvgIpc) is 3.14. The number of carbonyl (C=O) groups is 2. The molecule has 8 aromatic carbocycles. The highest BCUT2D eigenvalue weighted by molar-refractivity contribution is 6.27. The van der Waals surface area contributed by atoms with E-state index >= 15 is 0 Å². The van der Waals surface area contributed by atoms with Gasteiger partial charge in [-0.05, 0) is 70.8 Å². The van der Waals surface area contributed by atoms with E-state index in [2.05, 4.69) is 0 Å². The van der Waals surface area contributed by atoms with Crippen LogP contribution < -0.4 is 18.9 Å². The Morgan fingerprint density at radius 2 is 0.600 bits per heavy atom. The Balaban J connectivity index is 1.32. The molecule has 0 saturated heterocycles. The number of benzene rings is 8. The first-order chi connectivity index (χ1) is 24.4. The first-order valence-corrected chi connectivity index (χ1v) is 16.2. The van der Waals surface area contributed by atoms with E-state index in [1.54, 1.807) is 24.3 Å². The van der Waals surface area contributed by atoms with Crippen LogP contribution in [0.15, 0.2) is 146 Å². The fourth-order valence-corrected chi connectivity index (χ4v) is 6.55. The molecule has 0 atom stereocenters. The van der Waals surface area contributed by atoms with Gasteiger partial charge in [-0.2, -0.15) is 0 Å². The summed E-state index contributed by atoms with van der Waals surface area (Å²) in [6, 6.07) is 45.9. The van der Waals surface area contributed by atoms with Crippen molar-refractivity contribution in [3.8, 4) is 34.1 Å². The molecular weight excluding hydrogens is 624 g/mol. The van der Waals surface area contributed by atoms with E-state index < -0.39 is 12.3 Å². The van der Waals surface area contributed by atoms with E-state index in [0.29, 0.717) is 23.0 Å². The fourth-order valence-electron chi connectivity index (χ4n) is 6.55. The summed E-state index contributed by atoms with van der Waals surface area (Å²) in [5.41, 5.74) is 4.02. The molecule has 0 aliphatic rings. The molecule has 0 bridgehead atoms. The largest absolute Gasteiger partial charge is 0.519 e. The summed E-state index contributed by atoms with van der Waals surface area (Å²) in [5, 5.41) is 6.52. The molecule has 8 aromatic rings. The molecule has 0 N–H and O–H groups in total. The van der Waals surface area contributed by atoms with Gasteiger partial charge >= 0.3 is 12.3 Å². The van der Waals surface area contributed by atoms with Crippen LogP contribution >= 0.6 is 0 Å². The smallest absolute Gasteiger partial charge is 0.395 e. The molecule has 6 nitrogen and oxygen atoms in total. The lowest BCUT2D eigenvalue weighted by molar-refractivity contribution is 0.152. The van der Waals surface area contributed by atoms with Crippen LogP contribution in [-0.2, 0) is 0 Å². The zero-order chi connectivity index (χ0) is 34.2. The molecule has 6 heteroatoms. The summed E-state index contributed by atoms with van der Waals surface area (Å²) in [7, 11) is 0. The van der Waals surface area contributed by atoms with Crippen molar-refractivity contribution >= 4 is 55.4 Å². The Kier molecular flexibility index (Phi) is 7.82. The van der Waals surface area contributed by atoms with E-state index in [1.165, 1.54) is 0 Å². The minimum Gasteiger partial charge on any atom is -0.395 e. The van der Waals surface area contributed by atoms with Crippen molar-refractivity contribution in [2.75, 3.05) is 0 Å². The molecular formula is C44H30O6. The average molecular weight is 655 g/mol. The molecule has 0 unspecified atom stereocenters. The summed E-state index contributed by atoms with van der Waals surface area (Å²) in [5.74, 6) is 1.61. The third-order valence-corrected chi connectivity index (χ3v) is 8.83. The van der Waals surface area contributed by atoms with E-state index in [0.717, 1.165) is 65.3 Å². The van der Waals surface area contributed by atoms with Crippen molar-refractivity contribution in [3.63, 3.8) is 0 Å². The number of rotatable bonds is 5. The van der Waals surface area contributed by atoms with Gasteiger partial charge in [0.25, 0.3) is 0 Å². The van der Waals surface area contributed by atoms with Crippen molar-refractivity contribution in [1.29, 1.82) is 0 Å². The van der Waals surface area contributed by atoms with Crippen LogP contribution in [0, 0.1) is 13.8 Å². The number of hydrogen-bond acceptors (Lipinski definition) is 6. The van der Waals surface area contributed by atoms with Gasteiger partial charge in [0.2, 0.25) is 0 Å². The maximum absolute atomic E-state index is 13.2. The molecule has 0 aromatic heterocycles. The van der Waals surface area contributed by atoms with Crippen LogP contribution in [-0.4, -0.2) is 12.3 Å². The van der Waals surface area contributed by atoms with Gasteiger partial charge in [-0.25, -0.2) is 9.59 Å². The Hall–Kier alpha value is -6.66. The number of hydrogen-bond donors (Lipinski definition) is 0. The maximum atomic E-state index is 13.2. The minimum atomic E-state index is -0.827. The first-order valence-electron chi connectivity index (χ1n) is 16.2. The third-order valence-electron chi connectivity index (χ3n) is 8.83. The van der Waals surface area contributed by atoms with Gasteiger partial charge in [0.1, 0.15) is 23.0 Å². The van der Waals surface area contributed by atoms with E-state index in [4.69, 9.17) is 18.9 Å². The topological polar surface area (TPSA) is 71.1 Å². The molecule has 0 aliphatic heterocycles. The summed E-state index contributed by atoms with van der Waals surface area (Å²) in [6.07, 6.45) is -1.65. The zero-order valence-electron chi connectivity index (χ0n) is 27.3. The second kappa shape index (κ2) is 12.7. The standard InChI is InChI=1S/C44H30O6/c1-27-19-23-29(24-20-27)47-43(45)49-41-35-15-7-3-11-31(35)39(32-12-4-8-16-36(32)41)40-33-13-5-9-17-37(33)42(38-18-10-6-14-34(38)40)50-44(46)48-30-25-21-28(2)22-26-30/h3-26H,1-2H3. The van der Waals surface area contributed by atoms with Gasteiger partial charge in [-0.1, -0.05) is 132 Å². The molecule has 0 fully saturated rings. The Labute approximate surface area is 288 Å². The summed E-state index contributed by atoms with van der Waals surface area (Å²) in [6.45, 7) is 3.94. The van der Waals surface area contributed by atoms with Crippen molar-refractivity contribution in [1.82, 2.24) is 0 Å². The molecule has 8 rings (SSSR count). The summed E-state index contributed by atoms with van der Waals surface area (Å²) < 4.78 is 23.2. The Morgan fingerprint density at radius 3 is 0.880 bits per heavy atom. The number of ether oxygens (including phenoxy) is 4. The van der Waals surface area contributed by atoms with Crippen LogP contribution in [0.3, 0.4) is 0 Å². The minimum absolute atomic E-state index is 0.397. The molecule has 0 aliphatic carbocycles. The first kappa shape index (κ1) is 30.7. The Morgan fingerprint density at radius 1 is 0.340 bits per heavy atom. The number of carbonyl (C=O) groups excluding carboxylic acids is 2. The van der Waals surface area contributed by atoms with E-state index in [1.807, 2.05) is 135 Å². The SMILES string of the molecule is Cc1ccc(OC(=O)Oc2c3ccccc3c(-c3c4ccccc4c(OC(=O)Oc4ccc(C)cc4)c4ccccc34)c3ccccc23)cc1. The molecule has 50 heavy (non-hydrogen) atoms. The second-order valence-corrected chi connectivity index (χ2v) is 12.1. The summed E-state index contributed by atoms with van der Waals surface area (Å²) in [4.78, 5) is 26.4. The lowest BCUT2D eigenvalue weighted by Gasteiger charge is -2.21. The number of fused-ring (bicyclic) bond motifs is 4. The fraction of sp³-hybridized carbons (Fsp3) is 0.0455. The predicted molar refractivity (Wildman–Crippen MR) is 198 cm³/mol. The Bertz CT molecular complexity index is 2290. The van der Waals surface area contributed by atoms with Crippen molar-refractivity contribution in [3.05, 3.63) is 157 Å². The van der Waals surface area contributed by atoms with Crippen LogP contribution in [0.2, 0.25) is 0 Å². The predicted octanol–water partition coefficient (Wildman–Crippen LogP) is 11.7. The van der Waals surface area contributed by atoms with Crippen LogP contribution in [0.4, 0.5) is 9.59 Å². The maximum Gasteiger partial charge on any atom is 0.519 e. The van der Waals surface area contributed by atoms with Gasteiger partial charge < -0.3 is 18.9 Å². The van der Waals surface area contributed by atoms with Gasteiger partial charge in [0.15, 0.2) is 0 Å². The normalized spacial score (nSPS) is 11.2. The van der Waals surface area contributed by atoms with Gasteiger partial charge in [-0.3, -0.25) is 0 Å². The molecule has 0 heterocycles. The monoisotopic (exact) mass is 654 g/mol. The van der Waals surface area contributed by atoms with Crippen molar-refractivity contribution in [2.24, 2.45) is 0 Å². The van der Waals surface area contributed by atoms with Gasteiger partial charge in [0.05, 0.1) is 0 Å². The zero-order valence-corrected chi connectivity index (χ0v) is 27.3. The van der Waals surface area contributed by atoms with Crippen LogP contribution in [0.1, 0.15) is 11.1 Å². The molecule has 242 valence electrons. The van der Waals surface area contributed by atoms with Crippen molar-refractivity contribution < 1.29 is 28.5 Å². The molecule has 0 amide bonds. The van der Waals surface area contributed by atoms with Crippen LogP contribution in [0.5, 0.6) is 23.0 Å². The van der Waals surface area contributed by atoms with Crippen molar-refractivity contribution in [2.45, 2.75) is 13.8 Å². The third kappa shape index (κ3) is 5.63. The van der Waals surface area contributed by atoms with E-state index in [-0.39, 0.29) is 0 Å². The highest BCUT2D eigenvalue weighted by Gasteiger charge is 2.24. The highest BCUT2D eigenvalue weighted by Crippen LogP contribution is 2.49. The van der Waals surface area contributed by atoms with E-state index in [9.17, 15) is 9.59 Å². The molecule has 0 saturated carbocycles. The number of aryl methyl sites for hydroxylation is 2. The molecule has 0 radical (unpaired) electrons. The lowest BCUT2D eigenvalue weighted by atomic mass is 9.85. The lowest BCUT2D eigenvalue weighted by Crippen LogP contribution is -2.14. The second-order valence-electron chi connectivity index (χ2n) is 12.1.